The first-order chi connectivity index (χ1) is 16.6. The number of aryl methyl sites for hydroxylation is 2. The van der Waals surface area contributed by atoms with Gasteiger partial charge in [0.25, 0.3) is 5.91 Å². The van der Waals surface area contributed by atoms with Crippen molar-refractivity contribution in [3.8, 4) is 0 Å². The average Bonchev–Trinajstić information content (AvgIpc) is 3.44. The van der Waals surface area contributed by atoms with Crippen molar-refractivity contribution in [1.29, 1.82) is 0 Å². The third kappa shape index (κ3) is 5.57. The highest BCUT2D eigenvalue weighted by Crippen LogP contribution is 2.39. The Morgan fingerprint density at radius 1 is 1.20 bits per heavy atom. The summed E-state index contributed by atoms with van der Waals surface area (Å²) in [5.74, 6) is -4.04. The van der Waals surface area contributed by atoms with Gasteiger partial charge < -0.3 is 14.6 Å². The number of methoxy groups -OCH3 is 1. The molecule has 13 heteroatoms. The maximum Gasteiger partial charge on any atom is 0.341 e. The van der Waals surface area contributed by atoms with E-state index in [2.05, 4.69) is 26.2 Å². The smallest absolute Gasteiger partial charge is 0.341 e. The van der Waals surface area contributed by atoms with Crippen LogP contribution in [-0.4, -0.2) is 49.4 Å². The fourth-order valence-electron chi connectivity index (χ4n) is 3.99. The zero-order valence-corrected chi connectivity index (χ0v) is 23.0. The Kier molecular flexibility index (Phi) is 7.60. The molecular weight excluding hydrogens is 578 g/mol. The van der Waals surface area contributed by atoms with Crippen molar-refractivity contribution in [3.63, 3.8) is 0 Å². The molecule has 1 aliphatic carbocycles. The third-order valence-corrected chi connectivity index (χ3v) is 9.57. The molecule has 4 rings (SSSR count). The van der Waals surface area contributed by atoms with E-state index in [9.17, 15) is 22.8 Å². The van der Waals surface area contributed by atoms with Gasteiger partial charge in [0.2, 0.25) is 5.91 Å². The van der Waals surface area contributed by atoms with Crippen LogP contribution >= 0.6 is 38.6 Å². The number of carbonyl (C=O) groups excluding carboxylic acids is 3. The van der Waals surface area contributed by atoms with Gasteiger partial charge in [-0.2, -0.15) is 4.99 Å². The van der Waals surface area contributed by atoms with Crippen LogP contribution in [0.2, 0.25) is 0 Å². The summed E-state index contributed by atoms with van der Waals surface area (Å²) in [6.45, 7) is 2.46. The SMILES string of the molecule is CCn1c(=NC(=O)CS(=O)(=O)CC(=O)Nc2sc3c(c2C(=O)OC)CCC3)sc2cc(Br)ccc21. The molecule has 0 fully saturated rings. The summed E-state index contributed by atoms with van der Waals surface area (Å²) in [4.78, 5) is 42.6. The Morgan fingerprint density at radius 2 is 1.97 bits per heavy atom. The first-order valence-electron chi connectivity index (χ1n) is 10.7. The van der Waals surface area contributed by atoms with Crippen LogP contribution in [0.5, 0.6) is 0 Å². The fourth-order valence-corrected chi connectivity index (χ4v) is 7.96. The normalized spacial score (nSPS) is 13.7. The van der Waals surface area contributed by atoms with Crippen LogP contribution in [-0.2, 0) is 43.5 Å². The number of thiophene rings is 1. The molecule has 0 unspecified atom stereocenters. The summed E-state index contributed by atoms with van der Waals surface area (Å²) in [6.07, 6.45) is 2.40. The number of anilines is 1. The fraction of sp³-hybridized carbons (Fsp3) is 0.364. The topological polar surface area (TPSA) is 124 Å². The van der Waals surface area contributed by atoms with Crippen molar-refractivity contribution in [2.45, 2.75) is 32.7 Å². The van der Waals surface area contributed by atoms with Crippen molar-refractivity contribution in [2.75, 3.05) is 23.9 Å². The molecule has 1 aliphatic rings. The average molecular weight is 601 g/mol. The molecule has 35 heavy (non-hydrogen) atoms. The molecule has 3 aromatic rings. The highest BCUT2D eigenvalue weighted by Gasteiger charge is 2.29. The molecular formula is C22H22BrN3O6S3. The molecule has 0 spiro atoms. The van der Waals surface area contributed by atoms with Gasteiger partial charge >= 0.3 is 5.97 Å². The Hall–Kier alpha value is -2.35. The van der Waals surface area contributed by atoms with Gasteiger partial charge in [-0.25, -0.2) is 13.2 Å². The Bertz CT molecular complexity index is 1520. The van der Waals surface area contributed by atoms with Gasteiger partial charge in [-0.05, 0) is 49.9 Å². The predicted molar refractivity (Wildman–Crippen MR) is 139 cm³/mol. The zero-order chi connectivity index (χ0) is 25.3. The molecule has 0 bridgehead atoms. The number of nitrogens with zero attached hydrogens (tertiary/aromatic N) is 2. The monoisotopic (exact) mass is 599 g/mol. The highest BCUT2D eigenvalue weighted by molar-refractivity contribution is 9.10. The van der Waals surface area contributed by atoms with E-state index >= 15 is 0 Å². The Balaban J connectivity index is 1.49. The van der Waals surface area contributed by atoms with Gasteiger partial charge in [0, 0.05) is 15.9 Å². The standard InChI is InChI=1S/C22H22BrN3O6S3/c1-3-26-14-8-7-12(23)9-16(14)34-22(26)25-18(28)11-35(30,31)10-17(27)24-20-19(21(29)32-2)13-5-4-6-15(13)33-20/h7-9H,3-6,10-11H2,1-2H3,(H,24,27). The molecule has 2 aromatic heterocycles. The van der Waals surface area contributed by atoms with E-state index in [4.69, 9.17) is 4.74 Å². The molecule has 2 heterocycles. The number of hydrogen-bond donors (Lipinski definition) is 1. The maximum atomic E-state index is 12.6. The van der Waals surface area contributed by atoms with E-state index in [-0.39, 0.29) is 10.6 Å². The van der Waals surface area contributed by atoms with Crippen molar-refractivity contribution >= 4 is 81.4 Å². The molecule has 1 N–H and O–H groups in total. The Morgan fingerprint density at radius 3 is 2.69 bits per heavy atom. The number of benzene rings is 1. The molecule has 186 valence electrons. The van der Waals surface area contributed by atoms with Crippen LogP contribution in [0.25, 0.3) is 10.2 Å². The van der Waals surface area contributed by atoms with Gasteiger partial charge in [-0.3, -0.25) is 9.59 Å². The van der Waals surface area contributed by atoms with Crippen molar-refractivity contribution in [3.05, 3.63) is 43.5 Å². The second kappa shape index (κ2) is 10.3. The number of hydrogen-bond acceptors (Lipinski definition) is 8. The first-order valence-corrected chi connectivity index (χ1v) is 15.0. The Labute approximate surface area is 217 Å². The summed E-state index contributed by atoms with van der Waals surface area (Å²) in [5.41, 5.74) is 2.01. The zero-order valence-electron chi connectivity index (χ0n) is 18.9. The number of aromatic nitrogens is 1. The van der Waals surface area contributed by atoms with E-state index in [0.29, 0.717) is 17.8 Å². The van der Waals surface area contributed by atoms with Gasteiger partial charge in [-0.1, -0.05) is 27.3 Å². The summed E-state index contributed by atoms with van der Waals surface area (Å²) in [6, 6.07) is 5.68. The maximum absolute atomic E-state index is 12.6. The number of sulfone groups is 1. The minimum absolute atomic E-state index is 0.276. The minimum atomic E-state index is -4.09. The van der Waals surface area contributed by atoms with Crippen LogP contribution in [0.3, 0.4) is 0 Å². The summed E-state index contributed by atoms with van der Waals surface area (Å²) < 4.78 is 33.6. The number of esters is 1. The summed E-state index contributed by atoms with van der Waals surface area (Å²) in [7, 11) is -2.84. The van der Waals surface area contributed by atoms with Gasteiger partial charge in [-0.15, -0.1) is 11.3 Å². The molecule has 1 aromatic carbocycles. The molecule has 2 amide bonds. The molecule has 0 saturated heterocycles. The van der Waals surface area contributed by atoms with E-state index in [1.807, 2.05) is 29.7 Å². The second-order valence-electron chi connectivity index (χ2n) is 7.88. The lowest BCUT2D eigenvalue weighted by atomic mass is 10.1. The lowest BCUT2D eigenvalue weighted by Gasteiger charge is -2.07. The molecule has 0 radical (unpaired) electrons. The first kappa shape index (κ1) is 25.7. The molecule has 0 atom stereocenters. The van der Waals surface area contributed by atoms with Gasteiger partial charge in [0.1, 0.15) is 16.5 Å². The largest absolute Gasteiger partial charge is 0.465 e. The highest BCUT2D eigenvalue weighted by atomic mass is 79.9. The number of fused-ring (bicyclic) bond motifs is 2. The van der Waals surface area contributed by atoms with Crippen molar-refractivity contribution in [1.82, 2.24) is 4.57 Å². The summed E-state index contributed by atoms with van der Waals surface area (Å²) in [5, 5.41) is 2.80. The van der Waals surface area contributed by atoms with Crippen LogP contribution in [0.4, 0.5) is 5.00 Å². The lowest BCUT2D eigenvalue weighted by molar-refractivity contribution is -0.115. The van der Waals surface area contributed by atoms with Crippen LogP contribution in [0, 0.1) is 0 Å². The van der Waals surface area contributed by atoms with Gasteiger partial charge in [0.15, 0.2) is 14.6 Å². The van der Waals surface area contributed by atoms with Gasteiger partial charge in [0.05, 0.1) is 22.9 Å². The number of amides is 2. The van der Waals surface area contributed by atoms with Crippen LogP contribution in [0.1, 0.15) is 34.1 Å². The minimum Gasteiger partial charge on any atom is -0.465 e. The van der Waals surface area contributed by atoms with Crippen LogP contribution in [0.15, 0.2) is 27.7 Å². The number of nitrogens with one attached hydrogen (secondary N) is 1. The molecule has 9 nitrogen and oxygen atoms in total. The second-order valence-corrected chi connectivity index (χ2v) is 13.0. The number of thiazole rings is 1. The van der Waals surface area contributed by atoms with Crippen LogP contribution < -0.4 is 10.1 Å². The summed E-state index contributed by atoms with van der Waals surface area (Å²) >= 11 is 5.94. The van der Waals surface area contributed by atoms with E-state index in [1.165, 1.54) is 29.8 Å². The number of rotatable bonds is 7. The van der Waals surface area contributed by atoms with Crippen molar-refractivity contribution < 1.29 is 27.5 Å². The van der Waals surface area contributed by atoms with E-state index in [0.717, 1.165) is 38.0 Å². The number of carbonyl (C=O) groups is 3. The lowest BCUT2D eigenvalue weighted by Crippen LogP contribution is -2.28. The predicted octanol–water partition coefficient (Wildman–Crippen LogP) is 3.30. The molecule has 0 saturated carbocycles. The van der Waals surface area contributed by atoms with E-state index < -0.39 is 39.1 Å². The van der Waals surface area contributed by atoms with E-state index in [1.54, 1.807) is 0 Å². The third-order valence-electron chi connectivity index (χ3n) is 5.44. The number of halogens is 1. The molecule has 0 aliphatic heterocycles. The number of ether oxygens (including phenoxy) is 1. The van der Waals surface area contributed by atoms with Crippen molar-refractivity contribution in [2.24, 2.45) is 4.99 Å². The quantitative estimate of drug-likeness (QED) is 0.415.